The summed E-state index contributed by atoms with van der Waals surface area (Å²) in [4.78, 5) is 23.0. The lowest BCUT2D eigenvalue weighted by molar-refractivity contribution is -0.118. The number of nitrogens with zero attached hydrogens (tertiary/aromatic N) is 2. The Morgan fingerprint density at radius 1 is 1.23 bits per heavy atom. The quantitative estimate of drug-likeness (QED) is 0.611. The number of carbonyl (C=O) groups excluding carboxylic acids is 2. The fourth-order valence-corrected chi connectivity index (χ4v) is 2.39. The molecule has 0 aliphatic rings. The Morgan fingerprint density at radius 3 is 2.73 bits per heavy atom. The van der Waals surface area contributed by atoms with Gasteiger partial charge in [-0.2, -0.15) is 5.10 Å². The maximum Gasteiger partial charge on any atom is 0.291 e. The largest absolute Gasteiger partial charge is 0.486 e. The molecular weight excluding hydrogens is 404 g/mol. The molecule has 26 heavy (non-hydrogen) atoms. The van der Waals surface area contributed by atoms with Gasteiger partial charge in [-0.3, -0.25) is 14.3 Å². The van der Waals surface area contributed by atoms with E-state index in [0.717, 1.165) is 4.47 Å². The number of hydrogen-bond acceptors (Lipinski definition) is 5. The van der Waals surface area contributed by atoms with Crippen molar-refractivity contribution in [3.05, 3.63) is 64.8 Å². The van der Waals surface area contributed by atoms with Crippen LogP contribution in [0.4, 0.5) is 5.69 Å². The topological polar surface area (TPSA) is 112 Å². The van der Waals surface area contributed by atoms with Crippen LogP contribution in [-0.4, -0.2) is 21.6 Å². The summed E-state index contributed by atoms with van der Waals surface area (Å²) in [5, 5.41) is 6.56. The first-order chi connectivity index (χ1) is 12.5. The fourth-order valence-electron chi connectivity index (χ4n) is 2.13. The molecule has 9 heteroatoms. The minimum Gasteiger partial charge on any atom is -0.486 e. The molecule has 2 amide bonds. The highest BCUT2D eigenvalue weighted by molar-refractivity contribution is 9.10. The Morgan fingerprint density at radius 2 is 2.00 bits per heavy atom. The summed E-state index contributed by atoms with van der Waals surface area (Å²) < 4.78 is 13.4. The van der Waals surface area contributed by atoms with E-state index >= 15 is 0 Å². The van der Waals surface area contributed by atoms with Crippen LogP contribution < -0.4 is 15.8 Å². The number of nitrogens with two attached hydrogens (primary N) is 1. The Balaban J connectivity index is 1.56. The Labute approximate surface area is 157 Å². The summed E-state index contributed by atoms with van der Waals surface area (Å²) in [6.45, 7) is 0.139. The van der Waals surface area contributed by atoms with Gasteiger partial charge in [-0.05, 0) is 36.4 Å². The van der Waals surface area contributed by atoms with Crippen molar-refractivity contribution in [2.45, 2.75) is 13.2 Å². The van der Waals surface area contributed by atoms with Crippen molar-refractivity contribution in [3.63, 3.8) is 0 Å². The average molecular weight is 419 g/mol. The number of amides is 2. The van der Waals surface area contributed by atoms with E-state index in [1.807, 2.05) is 24.3 Å². The maximum absolute atomic E-state index is 12.2. The van der Waals surface area contributed by atoms with Crippen molar-refractivity contribution in [1.29, 1.82) is 0 Å². The van der Waals surface area contributed by atoms with Crippen LogP contribution in [0, 0.1) is 0 Å². The molecule has 3 rings (SSSR count). The van der Waals surface area contributed by atoms with Gasteiger partial charge < -0.3 is 20.2 Å². The highest BCUT2D eigenvalue weighted by Gasteiger charge is 2.13. The standard InChI is InChI=1S/C17H15BrN4O4/c18-11-1-3-13(4-2-11)25-10-14-5-6-15(26-14)17(24)21-12-7-20-22(8-12)9-16(19)23/h1-8H,9-10H2,(H2,19,23)(H,21,24). The zero-order valence-electron chi connectivity index (χ0n) is 13.5. The second-order valence-electron chi connectivity index (χ2n) is 5.36. The van der Waals surface area contributed by atoms with E-state index in [4.69, 9.17) is 14.9 Å². The number of primary amides is 1. The van der Waals surface area contributed by atoms with Crippen LogP contribution in [-0.2, 0) is 17.9 Å². The normalized spacial score (nSPS) is 10.5. The number of furan rings is 1. The minimum absolute atomic E-state index is 0.0613. The van der Waals surface area contributed by atoms with Crippen molar-refractivity contribution in [2.24, 2.45) is 5.73 Å². The lowest BCUT2D eigenvalue weighted by Gasteiger charge is -2.04. The number of benzene rings is 1. The van der Waals surface area contributed by atoms with Gasteiger partial charge in [-0.15, -0.1) is 0 Å². The molecule has 134 valence electrons. The first-order valence-electron chi connectivity index (χ1n) is 7.59. The number of anilines is 1. The molecule has 0 fully saturated rings. The Hall–Kier alpha value is -3.07. The second-order valence-corrected chi connectivity index (χ2v) is 6.27. The molecule has 8 nitrogen and oxygen atoms in total. The third-order valence-corrected chi connectivity index (χ3v) is 3.82. The van der Waals surface area contributed by atoms with Gasteiger partial charge in [0.1, 0.15) is 24.7 Å². The fraction of sp³-hybridized carbons (Fsp3) is 0.118. The van der Waals surface area contributed by atoms with Crippen molar-refractivity contribution in [2.75, 3.05) is 5.32 Å². The minimum atomic E-state index is -0.521. The number of nitrogens with one attached hydrogen (secondary N) is 1. The maximum atomic E-state index is 12.2. The number of ether oxygens (including phenoxy) is 1. The third kappa shape index (κ3) is 4.73. The molecule has 0 radical (unpaired) electrons. The van der Waals surface area contributed by atoms with Gasteiger partial charge in [-0.25, -0.2) is 0 Å². The van der Waals surface area contributed by atoms with Crippen LogP contribution >= 0.6 is 15.9 Å². The molecular formula is C17H15BrN4O4. The number of aromatic nitrogens is 2. The molecule has 0 saturated heterocycles. The average Bonchev–Trinajstić information content (AvgIpc) is 3.23. The van der Waals surface area contributed by atoms with Crippen molar-refractivity contribution in [3.8, 4) is 5.75 Å². The van der Waals surface area contributed by atoms with E-state index in [1.165, 1.54) is 17.1 Å². The zero-order chi connectivity index (χ0) is 18.5. The van der Waals surface area contributed by atoms with E-state index in [2.05, 4.69) is 26.3 Å². The number of halogens is 1. The number of carbonyl (C=O) groups is 2. The van der Waals surface area contributed by atoms with E-state index < -0.39 is 11.8 Å². The molecule has 2 aromatic heterocycles. The predicted molar refractivity (Wildman–Crippen MR) is 96.6 cm³/mol. The summed E-state index contributed by atoms with van der Waals surface area (Å²) >= 11 is 3.35. The molecule has 0 aliphatic heterocycles. The van der Waals surface area contributed by atoms with Crippen LogP contribution in [0.1, 0.15) is 16.3 Å². The molecule has 2 heterocycles. The van der Waals surface area contributed by atoms with Gasteiger partial charge in [0.05, 0.1) is 11.9 Å². The molecule has 0 unspecified atom stereocenters. The predicted octanol–water partition coefficient (Wildman–Crippen LogP) is 2.56. The second kappa shape index (κ2) is 7.87. The molecule has 0 saturated carbocycles. The van der Waals surface area contributed by atoms with Crippen LogP contribution in [0.25, 0.3) is 0 Å². The third-order valence-electron chi connectivity index (χ3n) is 3.29. The van der Waals surface area contributed by atoms with Crippen molar-refractivity contribution < 1.29 is 18.7 Å². The Bertz CT molecular complexity index is 917. The van der Waals surface area contributed by atoms with Crippen molar-refractivity contribution in [1.82, 2.24) is 9.78 Å². The van der Waals surface area contributed by atoms with Gasteiger partial charge in [0.25, 0.3) is 5.91 Å². The van der Waals surface area contributed by atoms with Crippen LogP contribution in [0.15, 0.2) is 57.7 Å². The smallest absolute Gasteiger partial charge is 0.291 e. The number of hydrogen-bond donors (Lipinski definition) is 2. The molecule has 3 aromatic rings. The van der Waals surface area contributed by atoms with Gasteiger partial charge in [0, 0.05) is 10.7 Å². The van der Waals surface area contributed by atoms with E-state index in [9.17, 15) is 9.59 Å². The van der Waals surface area contributed by atoms with Crippen molar-refractivity contribution >= 4 is 33.4 Å². The molecule has 0 aliphatic carbocycles. The van der Waals surface area contributed by atoms with E-state index in [1.54, 1.807) is 12.1 Å². The highest BCUT2D eigenvalue weighted by atomic mass is 79.9. The van der Waals surface area contributed by atoms with Gasteiger partial charge in [-0.1, -0.05) is 15.9 Å². The summed E-state index contributed by atoms with van der Waals surface area (Å²) in [5.74, 6) is 0.396. The summed E-state index contributed by atoms with van der Waals surface area (Å²) in [5.41, 5.74) is 5.52. The highest BCUT2D eigenvalue weighted by Crippen LogP contribution is 2.18. The summed E-state index contributed by atoms with van der Waals surface area (Å²) in [7, 11) is 0. The molecule has 3 N–H and O–H groups in total. The van der Waals surface area contributed by atoms with E-state index in [-0.39, 0.29) is 18.9 Å². The first kappa shape index (κ1) is 17.7. The lowest BCUT2D eigenvalue weighted by Crippen LogP contribution is -2.18. The lowest BCUT2D eigenvalue weighted by atomic mass is 10.3. The van der Waals surface area contributed by atoms with Gasteiger partial charge in [0.2, 0.25) is 5.91 Å². The van der Waals surface area contributed by atoms with Gasteiger partial charge >= 0.3 is 0 Å². The molecule has 0 atom stereocenters. The van der Waals surface area contributed by atoms with Crippen LogP contribution in [0.3, 0.4) is 0 Å². The Kier molecular flexibility index (Phi) is 5.37. The first-order valence-corrected chi connectivity index (χ1v) is 8.38. The van der Waals surface area contributed by atoms with Gasteiger partial charge in [0.15, 0.2) is 5.76 Å². The van der Waals surface area contributed by atoms with Crippen LogP contribution in [0.2, 0.25) is 0 Å². The number of rotatable bonds is 7. The van der Waals surface area contributed by atoms with E-state index in [0.29, 0.717) is 17.2 Å². The summed E-state index contributed by atoms with van der Waals surface area (Å²) in [6.07, 6.45) is 2.92. The molecule has 0 spiro atoms. The summed E-state index contributed by atoms with van der Waals surface area (Å²) in [6, 6.07) is 10.6. The molecule has 1 aromatic carbocycles. The zero-order valence-corrected chi connectivity index (χ0v) is 15.1. The van der Waals surface area contributed by atoms with Crippen LogP contribution in [0.5, 0.6) is 5.75 Å². The molecule has 0 bridgehead atoms. The SMILES string of the molecule is NC(=O)Cn1cc(NC(=O)c2ccc(COc3ccc(Br)cc3)o2)cn1. The monoisotopic (exact) mass is 418 g/mol.